The maximum Gasteiger partial charge on any atom is 0.321 e. The van der Waals surface area contributed by atoms with Crippen LogP contribution in [0.4, 0.5) is 10.5 Å². The molecule has 0 saturated carbocycles. The van der Waals surface area contributed by atoms with Gasteiger partial charge in [0.15, 0.2) is 0 Å². The number of anilines is 1. The zero-order valence-electron chi connectivity index (χ0n) is 11.6. The van der Waals surface area contributed by atoms with Crippen LogP contribution in [0.25, 0.3) is 0 Å². The molecular formula is C15H21N3OS. The molecule has 1 aromatic rings. The third-order valence-corrected chi connectivity index (χ3v) is 3.62. The van der Waals surface area contributed by atoms with E-state index in [1.807, 2.05) is 29.2 Å². The molecule has 5 heteroatoms. The Morgan fingerprint density at radius 2 is 1.75 bits per heavy atom. The molecule has 0 aromatic heterocycles. The van der Waals surface area contributed by atoms with Gasteiger partial charge in [0.2, 0.25) is 0 Å². The third kappa shape index (κ3) is 4.49. The third-order valence-electron chi connectivity index (χ3n) is 3.48. The Kier molecular flexibility index (Phi) is 5.35. The van der Waals surface area contributed by atoms with Crippen molar-refractivity contribution in [2.75, 3.05) is 18.4 Å². The number of nitrogens with two attached hydrogens (primary N) is 1. The molecule has 0 atom stereocenters. The maximum absolute atomic E-state index is 12.2. The highest BCUT2D eigenvalue weighted by molar-refractivity contribution is 7.80. The number of urea groups is 1. The molecule has 108 valence electrons. The fourth-order valence-electron chi connectivity index (χ4n) is 2.38. The van der Waals surface area contributed by atoms with Crippen molar-refractivity contribution in [2.24, 2.45) is 5.73 Å². The summed E-state index contributed by atoms with van der Waals surface area (Å²) in [6, 6.07) is 7.66. The Labute approximate surface area is 125 Å². The molecule has 1 aromatic carbocycles. The van der Waals surface area contributed by atoms with E-state index in [4.69, 9.17) is 18.0 Å². The summed E-state index contributed by atoms with van der Waals surface area (Å²) in [4.78, 5) is 14.5. The molecule has 1 saturated heterocycles. The van der Waals surface area contributed by atoms with Crippen LogP contribution in [0.2, 0.25) is 0 Å². The second-order valence-electron chi connectivity index (χ2n) is 5.17. The van der Waals surface area contributed by atoms with Crippen molar-refractivity contribution in [3.63, 3.8) is 0 Å². The van der Waals surface area contributed by atoms with Crippen molar-refractivity contribution in [2.45, 2.75) is 32.1 Å². The van der Waals surface area contributed by atoms with E-state index in [2.05, 4.69) is 5.32 Å². The minimum Gasteiger partial charge on any atom is -0.393 e. The number of thiocarbonyl (C=S) groups is 1. The first-order chi connectivity index (χ1) is 9.65. The van der Waals surface area contributed by atoms with Crippen molar-refractivity contribution in [3.8, 4) is 0 Å². The number of likely N-dealkylation sites (tertiary alicyclic amines) is 1. The molecule has 2 rings (SSSR count). The van der Waals surface area contributed by atoms with Crippen molar-refractivity contribution in [1.29, 1.82) is 0 Å². The standard InChI is InChI=1S/C15H21N3OS/c16-14(20)11-12-5-7-13(8-6-12)17-15(19)18-9-3-1-2-4-10-18/h5-8H,1-4,9-11H2,(H2,16,20)(H,17,19). The fourth-order valence-corrected chi connectivity index (χ4v) is 2.55. The summed E-state index contributed by atoms with van der Waals surface area (Å²) >= 11 is 4.88. The van der Waals surface area contributed by atoms with E-state index < -0.39 is 0 Å². The number of rotatable bonds is 3. The van der Waals surface area contributed by atoms with Gasteiger partial charge in [-0.15, -0.1) is 0 Å². The molecule has 0 aliphatic carbocycles. The van der Waals surface area contributed by atoms with Gasteiger partial charge in [-0.1, -0.05) is 37.2 Å². The SMILES string of the molecule is NC(=S)Cc1ccc(NC(=O)N2CCCCCC2)cc1. The van der Waals surface area contributed by atoms with E-state index in [0.29, 0.717) is 11.4 Å². The molecule has 4 nitrogen and oxygen atoms in total. The first-order valence-corrected chi connectivity index (χ1v) is 7.49. The van der Waals surface area contributed by atoms with Crippen LogP contribution in [-0.4, -0.2) is 29.0 Å². The van der Waals surface area contributed by atoms with Crippen molar-refractivity contribution in [3.05, 3.63) is 29.8 Å². The summed E-state index contributed by atoms with van der Waals surface area (Å²) in [6.07, 6.45) is 5.23. The van der Waals surface area contributed by atoms with Crippen LogP contribution < -0.4 is 11.1 Å². The number of nitrogens with zero attached hydrogens (tertiary/aromatic N) is 1. The number of nitrogens with one attached hydrogen (secondary N) is 1. The van der Waals surface area contributed by atoms with Crippen LogP contribution in [0.5, 0.6) is 0 Å². The van der Waals surface area contributed by atoms with Crippen LogP contribution in [0, 0.1) is 0 Å². The summed E-state index contributed by atoms with van der Waals surface area (Å²) in [6.45, 7) is 1.71. The highest BCUT2D eigenvalue weighted by atomic mass is 32.1. The van der Waals surface area contributed by atoms with Crippen LogP contribution in [0.1, 0.15) is 31.2 Å². The fraction of sp³-hybridized carbons (Fsp3) is 0.467. The summed E-state index contributed by atoms with van der Waals surface area (Å²) in [5, 5.41) is 2.94. The highest BCUT2D eigenvalue weighted by Crippen LogP contribution is 2.14. The zero-order valence-corrected chi connectivity index (χ0v) is 12.4. The predicted molar refractivity (Wildman–Crippen MR) is 86.0 cm³/mol. The summed E-state index contributed by atoms with van der Waals surface area (Å²) in [5.74, 6) is 0. The number of carbonyl (C=O) groups is 1. The van der Waals surface area contributed by atoms with Gasteiger partial charge in [0.1, 0.15) is 0 Å². The summed E-state index contributed by atoms with van der Waals surface area (Å²) in [7, 11) is 0. The van der Waals surface area contributed by atoms with Crippen LogP contribution >= 0.6 is 12.2 Å². The monoisotopic (exact) mass is 291 g/mol. The first kappa shape index (κ1) is 14.8. The lowest BCUT2D eigenvalue weighted by molar-refractivity contribution is 0.214. The van der Waals surface area contributed by atoms with Crippen LogP contribution in [0.15, 0.2) is 24.3 Å². The molecule has 2 amide bonds. The predicted octanol–water partition coefficient (Wildman–Crippen LogP) is 2.92. The minimum atomic E-state index is -0.00556. The molecule has 1 aliphatic rings. The molecule has 0 radical (unpaired) electrons. The molecule has 1 aliphatic heterocycles. The Bertz CT molecular complexity index is 465. The Hall–Kier alpha value is -1.62. The van der Waals surface area contributed by atoms with Crippen molar-refractivity contribution >= 4 is 28.9 Å². The lowest BCUT2D eigenvalue weighted by Gasteiger charge is -2.20. The minimum absolute atomic E-state index is 0.00556. The van der Waals surface area contributed by atoms with E-state index >= 15 is 0 Å². The van der Waals surface area contributed by atoms with Gasteiger partial charge in [-0.05, 0) is 30.5 Å². The Balaban J connectivity index is 1.91. The largest absolute Gasteiger partial charge is 0.393 e. The first-order valence-electron chi connectivity index (χ1n) is 7.08. The average molecular weight is 291 g/mol. The van der Waals surface area contributed by atoms with Gasteiger partial charge in [0.25, 0.3) is 0 Å². The highest BCUT2D eigenvalue weighted by Gasteiger charge is 2.15. The molecule has 20 heavy (non-hydrogen) atoms. The number of hydrogen-bond donors (Lipinski definition) is 2. The van der Waals surface area contributed by atoms with E-state index in [0.717, 1.165) is 37.2 Å². The van der Waals surface area contributed by atoms with E-state index in [1.54, 1.807) is 0 Å². The number of benzene rings is 1. The lowest BCUT2D eigenvalue weighted by Crippen LogP contribution is -2.35. The summed E-state index contributed by atoms with van der Waals surface area (Å²) < 4.78 is 0. The maximum atomic E-state index is 12.2. The number of hydrogen-bond acceptors (Lipinski definition) is 2. The molecule has 0 bridgehead atoms. The summed E-state index contributed by atoms with van der Waals surface area (Å²) in [5.41, 5.74) is 7.38. The van der Waals surface area contributed by atoms with E-state index in [1.165, 1.54) is 12.8 Å². The van der Waals surface area contributed by atoms with Crippen molar-refractivity contribution in [1.82, 2.24) is 4.90 Å². The van der Waals surface area contributed by atoms with Gasteiger partial charge in [0, 0.05) is 25.2 Å². The van der Waals surface area contributed by atoms with Gasteiger partial charge in [-0.2, -0.15) is 0 Å². The van der Waals surface area contributed by atoms with Gasteiger partial charge in [0.05, 0.1) is 4.99 Å². The molecular weight excluding hydrogens is 270 g/mol. The Morgan fingerprint density at radius 3 is 2.30 bits per heavy atom. The van der Waals surface area contributed by atoms with Gasteiger partial charge >= 0.3 is 6.03 Å². The molecule has 3 N–H and O–H groups in total. The second-order valence-corrected chi connectivity index (χ2v) is 5.70. The molecule has 1 heterocycles. The second kappa shape index (κ2) is 7.24. The zero-order chi connectivity index (χ0) is 14.4. The lowest BCUT2D eigenvalue weighted by atomic mass is 10.1. The van der Waals surface area contributed by atoms with Gasteiger partial charge in [-0.25, -0.2) is 4.79 Å². The molecule has 0 unspecified atom stereocenters. The van der Waals surface area contributed by atoms with Crippen LogP contribution in [-0.2, 0) is 6.42 Å². The molecule has 1 fully saturated rings. The van der Waals surface area contributed by atoms with Crippen molar-refractivity contribution < 1.29 is 4.79 Å². The van der Waals surface area contributed by atoms with Crippen LogP contribution in [0.3, 0.4) is 0 Å². The number of amides is 2. The average Bonchev–Trinajstić information content (AvgIpc) is 2.69. The van der Waals surface area contributed by atoms with E-state index in [9.17, 15) is 4.79 Å². The normalized spacial score (nSPS) is 15.5. The van der Waals surface area contributed by atoms with E-state index in [-0.39, 0.29) is 6.03 Å². The topological polar surface area (TPSA) is 58.4 Å². The quantitative estimate of drug-likeness (QED) is 0.842. The number of carbonyl (C=O) groups excluding carboxylic acids is 1. The van der Waals surface area contributed by atoms with Gasteiger partial charge < -0.3 is 16.0 Å². The molecule has 0 spiro atoms. The Morgan fingerprint density at radius 1 is 1.15 bits per heavy atom. The smallest absolute Gasteiger partial charge is 0.321 e. The van der Waals surface area contributed by atoms with Gasteiger partial charge in [-0.3, -0.25) is 0 Å².